The normalized spacial score (nSPS) is 10.8. The fourth-order valence-corrected chi connectivity index (χ4v) is 1.62. The standard InChI is InChI=1S/C8H8Cl2O5S.Zn/c9-6-1-2-8(7(10)5-6)14-3-4-15-16(11,12)13;/h1-2,5H,3-4H2,(H,11,12,13);/q;+2. The zero-order valence-electron chi connectivity index (χ0n) is 8.60. The van der Waals surface area contributed by atoms with E-state index in [1.165, 1.54) is 12.1 Å². The third kappa shape index (κ3) is 7.18. The molecule has 0 saturated heterocycles. The van der Waals surface area contributed by atoms with Crippen molar-refractivity contribution in [2.45, 2.75) is 0 Å². The summed E-state index contributed by atoms with van der Waals surface area (Å²) < 4.78 is 37.8. The molecule has 0 aliphatic rings. The second-order valence-electron chi connectivity index (χ2n) is 2.67. The maximum absolute atomic E-state index is 10.2. The van der Waals surface area contributed by atoms with Crippen molar-refractivity contribution in [3.63, 3.8) is 0 Å². The van der Waals surface area contributed by atoms with Gasteiger partial charge in [-0.1, -0.05) is 23.2 Å². The van der Waals surface area contributed by atoms with E-state index in [0.29, 0.717) is 15.8 Å². The van der Waals surface area contributed by atoms with Crippen LogP contribution in [0.2, 0.25) is 10.0 Å². The molecule has 0 saturated carbocycles. The first-order valence-corrected chi connectivity index (χ1v) is 6.20. The molecule has 0 bridgehead atoms. The minimum absolute atomic E-state index is 0. The number of benzene rings is 1. The van der Waals surface area contributed by atoms with Gasteiger partial charge < -0.3 is 4.74 Å². The van der Waals surface area contributed by atoms with Gasteiger partial charge in [-0.15, -0.1) is 0 Å². The van der Waals surface area contributed by atoms with Crippen LogP contribution in [0.25, 0.3) is 0 Å². The second-order valence-corrected chi connectivity index (χ2v) is 4.61. The van der Waals surface area contributed by atoms with Crippen LogP contribution in [0.1, 0.15) is 0 Å². The number of hydrogen-bond donors (Lipinski definition) is 1. The van der Waals surface area contributed by atoms with Gasteiger partial charge in [-0.25, -0.2) is 4.18 Å². The Labute approximate surface area is 122 Å². The molecule has 0 aliphatic heterocycles. The van der Waals surface area contributed by atoms with Gasteiger partial charge in [0.15, 0.2) is 0 Å². The molecule has 1 aromatic rings. The van der Waals surface area contributed by atoms with Crippen molar-refractivity contribution < 1.29 is 41.4 Å². The number of halogens is 2. The van der Waals surface area contributed by atoms with E-state index in [1.807, 2.05) is 0 Å². The van der Waals surface area contributed by atoms with Crippen molar-refractivity contribution in [2.24, 2.45) is 0 Å². The molecule has 0 heterocycles. The zero-order chi connectivity index (χ0) is 12.2. The van der Waals surface area contributed by atoms with Gasteiger partial charge in [0.1, 0.15) is 19.0 Å². The summed E-state index contributed by atoms with van der Waals surface area (Å²) in [5.74, 6) is 0.352. The van der Waals surface area contributed by atoms with Crippen molar-refractivity contribution in [1.29, 1.82) is 0 Å². The Hall–Kier alpha value is 0.0934. The first kappa shape index (κ1) is 17.1. The Morgan fingerprint density at radius 1 is 1.24 bits per heavy atom. The van der Waals surface area contributed by atoms with Gasteiger partial charge in [0.05, 0.1) is 5.02 Å². The summed E-state index contributed by atoms with van der Waals surface area (Å²) in [5.41, 5.74) is 0. The molecule has 17 heavy (non-hydrogen) atoms. The molecule has 0 fully saturated rings. The molecule has 1 N–H and O–H groups in total. The summed E-state index contributed by atoms with van der Waals surface area (Å²) in [6, 6.07) is 4.60. The molecular weight excluding hydrogens is 344 g/mol. The molecule has 0 amide bonds. The van der Waals surface area contributed by atoms with Crippen LogP contribution in [-0.2, 0) is 34.1 Å². The van der Waals surface area contributed by atoms with Gasteiger partial charge in [-0.3, -0.25) is 4.55 Å². The molecule has 0 radical (unpaired) electrons. The van der Waals surface area contributed by atoms with Crippen LogP contribution in [0.3, 0.4) is 0 Å². The summed E-state index contributed by atoms with van der Waals surface area (Å²) >= 11 is 11.4. The van der Waals surface area contributed by atoms with Crippen molar-refractivity contribution >= 4 is 33.6 Å². The summed E-state index contributed by atoms with van der Waals surface area (Å²) in [7, 11) is -4.43. The van der Waals surface area contributed by atoms with Crippen LogP contribution in [0.4, 0.5) is 0 Å². The molecule has 0 aromatic heterocycles. The topological polar surface area (TPSA) is 72.8 Å². The summed E-state index contributed by atoms with van der Waals surface area (Å²) in [4.78, 5) is 0. The Bertz CT molecular complexity index is 465. The van der Waals surface area contributed by atoms with E-state index in [1.54, 1.807) is 6.07 Å². The van der Waals surface area contributed by atoms with Gasteiger partial charge >= 0.3 is 29.9 Å². The number of ether oxygens (including phenoxy) is 1. The van der Waals surface area contributed by atoms with E-state index >= 15 is 0 Å². The number of rotatable bonds is 5. The maximum Gasteiger partial charge on any atom is 2.00 e. The smallest absolute Gasteiger partial charge is 0.490 e. The molecule has 1 aromatic carbocycles. The van der Waals surface area contributed by atoms with Gasteiger partial charge in [0.25, 0.3) is 0 Å². The van der Waals surface area contributed by atoms with Crippen molar-refractivity contribution in [3.05, 3.63) is 28.2 Å². The molecule has 9 heteroatoms. The van der Waals surface area contributed by atoms with E-state index < -0.39 is 10.4 Å². The van der Waals surface area contributed by atoms with E-state index in [-0.39, 0.29) is 32.7 Å². The summed E-state index contributed by atoms with van der Waals surface area (Å²) in [6.07, 6.45) is 0. The zero-order valence-corrected chi connectivity index (χ0v) is 13.9. The van der Waals surface area contributed by atoms with Gasteiger partial charge in [-0.2, -0.15) is 8.42 Å². The first-order chi connectivity index (χ1) is 7.38. The quantitative estimate of drug-likeness (QED) is 0.500. The summed E-state index contributed by atoms with van der Waals surface area (Å²) in [5, 5.41) is 0.769. The van der Waals surface area contributed by atoms with Crippen LogP contribution >= 0.6 is 23.2 Å². The monoisotopic (exact) mass is 350 g/mol. The molecule has 5 nitrogen and oxygen atoms in total. The third-order valence-corrected chi connectivity index (χ3v) is 2.46. The van der Waals surface area contributed by atoms with Crippen LogP contribution in [0.5, 0.6) is 5.75 Å². The van der Waals surface area contributed by atoms with Gasteiger partial charge in [-0.05, 0) is 18.2 Å². The van der Waals surface area contributed by atoms with Gasteiger partial charge in [0, 0.05) is 5.02 Å². The van der Waals surface area contributed by atoms with E-state index in [9.17, 15) is 8.42 Å². The van der Waals surface area contributed by atoms with Crippen molar-refractivity contribution in [1.82, 2.24) is 0 Å². The minimum atomic E-state index is -4.43. The van der Waals surface area contributed by atoms with Crippen LogP contribution in [0, 0.1) is 0 Å². The third-order valence-electron chi connectivity index (χ3n) is 1.47. The van der Waals surface area contributed by atoms with E-state index in [2.05, 4.69) is 4.18 Å². The number of hydrogen-bond acceptors (Lipinski definition) is 4. The fourth-order valence-electron chi connectivity index (χ4n) is 0.883. The van der Waals surface area contributed by atoms with Crippen LogP contribution in [-0.4, -0.2) is 26.2 Å². The average molecular weight is 353 g/mol. The molecular formula is C8H8Cl2O5SZn+2. The second kappa shape index (κ2) is 7.51. The molecule has 1 rings (SSSR count). The minimum Gasteiger partial charge on any atom is -0.490 e. The van der Waals surface area contributed by atoms with Crippen LogP contribution in [0.15, 0.2) is 18.2 Å². The average Bonchev–Trinajstić information content (AvgIpc) is 2.13. The Kier molecular flexibility index (Phi) is 7.55. The Balaban J connectivity index is 0.00000256. The molecule has 0 unspecified atom stereocenters. The molecule has 0 spiro atoms. The largest absolute Gasteiger partial charge is 2.00 e. The fraction of sp³-hybridized carbons (Fsp3) is 0.250. The maximum atomic E-state index is 10.2. The Morgan fingerprint density at radius 2 is 1.88 bits per heavy atom. The van der Waals surface area contributed by atoms with Crippen molar-refractivity contribution in [2.75, 3.05) is 13.2 Å². The summed E-state index contributed by atoms with van der Waals surface area (Å²) in [6.45, 7) is -0.376. The SMILES string of the molecule is O=S(=O)(O)OCCOc1ccc(Cl)cc1Cl.[Zn+2]. The van der Waals surface area contributed by atoms with Gasteiger partial charge in [0.2, 0.25) is 0 Å². The Morgan fingerprint density at radius 3 is 2.41 bits per heavy atom. The van der Waals surface area contributed by atoms with E-state index in [4.69, 9.17) is 32.5 Å². The molecule has 0 atom stereocenters. The predicted molar refractivity (Wildman–Crippen MR) is 59.5 cm³/mol. The molecule has 0 aliphatic carbocycles. The van der Waals surface area contributed by atoms with Crippen molar-refractivity contribution in [3.8, 4) is 5.75 Å². The predicted octanol–water partition coefficient (Wildman–Crippen LogP) is 2.19. The molecule has 90 valence electrons. The first-order valence-electron chi connectivity index (χ1n) is 4.08. The van der Waals surface area contributed by atoms with Crippen LogP contribution < -0.4 is 4.74 Å². The van der Waals surface area contributed by atoms with E-state index in [0.717, 1.165) is 0 Å².